The van der Waals surface area contributed by atoms with Crippen molar-refractivity contribution in [3.63, 3.8) is 0 Å². The summed E-state index contributed by atoms with van der Waals surface area (Å²) in [6.07, 6.45) is 0. The van der Waals surface area contributed by atoms with Gasteiger partial charge in [0.15, 0.2) is 5.78 Å². The Bertz CT molecular complexity index is 1050. The van der Waals surface area contributed by atoms with Crippen LogP contribution in [0.5, 0.6) is 11.5 Å². The molecule has 1 aliphatic rings. The molecule has 0 unspecified atom stereocenters. The van der Waals surface area contributed by atoms with E-state index in [-0.39, 0.29) is 11.5 Å². The van der Waals surface area contributed by atoms with Crippen molar-refractivity contribution in [1.29, 1.82) is 0 Å². The van der Waals surface area contributed by atoms with Crippen LogP contribution in [0.2, 0.25) is 5.02 Å². The quantitative estimate of drug-likeness (QED) is 0.441. The molecule has 0 saturated carbocycles. The van der Waals surface area contributed by atoms with Gasteiger partial charge in [0.2, 0.25) is 0 Å². The van der Waals surface area contributed by atoms with E-state index in [2.05, 4.69) is 0 Å². The summed E-state index contributed by atoms with van der Waals surface area (Å²) in [5, 5.41) is 11.6. The third-order valence-electron chi connectivity index (χ3n) is 4.70. The number of rotatable bonds is 3. The number of para-hydroxylation sites is 1. The highest BCUT2D eigenvalue weighted by molar-refractivity contribution is 6.30. The van der Waals surface area contributed by atoms with E-state index in [1.807, 2.05) is 42.5 Å². The van der Waals surface area contributed by atoms with Gasteiger partial charge in [-0.05, 0) is 31.2 Å². The van der Waals surface area contributed by atoms with Gasteiger partial charge in [0.1, 0.15) is 17.3 Å². The number of aliphatic hydroxyl groups excluding tert-OH is 1. The van der Waals surface area contributed by atoms with E-state index in [1.165, 1.54) is 6.92 Å². The molecular weight excluding hydrogens is 360 g/mol. The second-order valence-electron chi connectivity index (χ2n) is 6.44. The summed E-state index contributed by atoms with van der Waals surface area (Å²) < 4.78 is 6.00. The Kier molecular flexibility index (Phi) is 4.46. The molecule has 0 bridgehead atoms. The molecule has 134 valence electrons. The largest absolute Gasteiger partial charge is 0.507 e. The fraction of sp³-hybridized carbons (Fsp3) is 0.0870. The van der Waals surface area contributed by atoms with E-state index in [0.717, 1.165) is 11.1 Å². The number of fused-ring (bicyclic) bond motifs is 2. The number of Topliss-reactive ketones (excluding diaryl/α,β-unsaturated/α-hetero) is 1. The van der Waals surface area contributed by atoms with Gasteiger partial charge in [-0.2, -0.15) is 0 Å². The van der Waals surface area contributed by atoms with Gasteiger partial charge in [0, 0.05) is 33.2 Å². The van der Waals surface area contributed by atoms with Crippen molar-refractivity contribution in [2.75, 3.05) is 0 Å². The van der Waals surface area contributed by atoms with Gasteiger partial charge >= 0.3 is 0 Å². The minimum absolute atomic E-state index is 0.0317. The van der Waals surface area contributed by atoms with Gasteiger partial charge in [-0.25, -0.2) is 0 Å². The Labute approximate surface area is 162 Å². The van der Waals surface area contributed by atoms with Crippen molar-refractivity contribution in [2.24, 2.45) is 0 Å². The maximum absolute atomic E-state index is 12.7. The predicted octanol–water partition coefficient (Wildman–Crippen LogP) is 6.14. The molecule has 3 aromatic carbocycles. The Morgan fingerprint density at radius 1 is 0.926 bits per heavy atom. The Morgan fingerprint density at radius 3 is 2.33 bits per heavy atom. The number of carbonyl (C=O) groups excluding carboxylic acids is 1. The fourth-order valence-electron chi connectivity index (χ4n) is 3.51. The minimum Gasteiger partial charge on any atom is -0.507 e. The first-order valence-electron chi connectivity index (χ1n) is 8.62. The van der Waals surface area contributed by atoms with E-state index in [1.54, 1.807) is 30.3 Å². The predicted molar refractivity (Wildman–Crippen MR) is 106 cm³/mol. The maximum Gasteiger partial charge on any atom is 0.160 e. The number of hydrogen-bond donors (Lipinski definition) is 1. The lowest BCUT2D eigenvalue weighted by Gasteiger charge is -2.30. The van der Waals surface area contributed by atoms with Crippen LogP contribution in [-0.4, -0.2) is 10.9 Å². The monoisotopic (exact) mass is 376 g/mol. The summed E-state index contributed by atoms with van der Waals surface area (Å²) in [5.74, 6) is 0.584. The Balaban J connectivity index is 2.01. The SMILES string of the molecule is CC(=O)/C(=C(/O)c1ccccc1)[C@@H]1c2ccccc2Oc2ccc(Cl)cc21. The molecule has 0 radical (unpaired) electrons. The molecule has 0 amide bonds. The zero-order valence-corrected chi connectivity index (χ0v) is 15.4. The number of halogens is 1. The highest BCUT2D eigenvalue weighted by Crippen LogP contribution is 2.49. The molecule has 0 spiro atoms. The van der Waals surface area contributed by atoms with Crippen molar-refractivity contribution < 1.29 is 14.6 Å². The standard InChI is InChI=1S/C23H17ClO3/c1-14(25)21(23(26)15-7-3-2-4-8-15)22-17-9-5-6-10-19(17)27-20-12-11-16(24)13-18(20)22/h2-13,22,26H,1H3/b23-21-/t22-/m1/s1. The molecule has 1 aliphatic heterocycles. The zero-order chi connectivity index (χ0) is 19.0. The summed E-state index contributed by atoms with van der Waals surface area (Å²) in [4.78, 5) is 12.7. The van der Waals surface area contributed by atoms with Crippen LogP contribution in [0.1, 0.15) is 29.5 Å². The smallest absolute Gasteiger partial charge is 0.160 e. The number of benzene rings is 3. The molecule has 0 saturated heterocycles. The number of ether oxygens (including phenoxy) is 1. The van der Waals surface area contributed by atoms with Gasteiger partial charge in [-0.3, -0.25) is 4.79 Å². The van der Waals surface area contributed by atoms with Crippen LogP contribution in [0.15, 0.2) is 78.4 Å². The molecule has 1 atom stereocenters. The normalized spacial score (nSPS) is 15.9. The van der Waals surface area contributed by atoms with Crippen LogP contribution in [0.4, 0.5) is 0 Å². The van der Waals surface area contributed by atoms with Crippen LogP contribution in [0, 0.1) is 0 Å². The van der Waals surface area contributed by atoms with Gasteiger partial charge < -0.3 is 9.84 Å². The van der Waals surface area contributed by atoms with Crippen molar-refractivity contribution in [3.05, 3.63) is 100 Å². The van der Waals surface area contributed by atoms with E-state index in [9.17, 15) is 9.90 Å². The van der Waals surface area contributed by atoms with Crippen molar-refractivity contribution in [2.45, 2.75) is 12.8 Å². The van der Waals surface area contributed by atoms with Crippen molar-refractivity contribution in [3.8, 4) is 11.5 Å². The van der Waals surface area contributed by atoms with Gasteiger partial charge in [0.25, 0.3) is 0 Å². The molecule has 3 nitrogen and oxygen atoms in total. The van der Waals surface area contributed by atoms with Crippen molar-refractivity contribution in [1.82, 2.24) is 0 Å². The highest BCUT2D eigenvalue weighted by Gasteiger charge is 2.34. The second kappa shape index (κ2) is 6.93. The summed E-state index contributed by atoms with van der Waals surface area (Å²) in [5.41, 5.74) is 2.49. The number of hydrogen-bond acceptors (Lipinski definition) is 3. The Hall–Kier alpha value is -3.04. The summed E-state index contributed by atoms with van der Waals surface area (Å²) >= 11 is 6.23. The lowest BCUT2D eigenvalue weighted by Crippen LogP contribution is -2.18. The maximum atomic E-state index is 12.7. The van der Waals surface area contributed by atoms with E-state index < -0.39 is 5.92 Å². The fourth-order valence-corrected chi connectivity index (χ4v) is 3.69. The zero-order valence-electron chi connectivity index (χ0n) is 14.6. The molecule has 0 aromatic heterocycles. The first-order valence-corrected chi connectivity index (χ1v) is 9.00. The van der Waals surface area contributed by atoms with E-state index >= 15 is 0 Å². The molecule has 0 fully saturated rings. The molecular formula is C23H17ClO3. The molecule has 4 heteroatoms. The summed E-state index contributed by atoms with van der Waals surface area (Å²) in [6, 6.07) is 21.9. The second-order valence-corrected chi connectivity index (χ2v) is 6.88. The van der Waals surface area contributed by atoms with Gasteiger partial charge in [-0.1, -0.05) is 60.1 Å². The minimum atomic E-state index is -0.471. The number of carbonyl (C=O) groups is 1. The Morgan fingerprint density at radius 2 is 1.59 bits per heavy atom. The number of allylic oxidation sites excluding steroid dienone is 1. The average Bonchev–Trinajstić information content (AvgIpc) is 2.68. The number of ketones is 1. The van der Waals surface area contributed by atoms with Crippen LogP contribution < -0.4 is 4.74 Å². The van der Waals surface area contributed by atoms with Crippen LogP contribution in [0.25, 0.3) is 5.76 Å². The number of aliphatic hydroxyl groups is 1. The van der Waals surface area contributed by atoms with Crippen LogP contribution >= 0.6 is 11.6 Å². The highest BCUT2D eigenvalue weighted by atomic mass is 35.5. The summed E-state index contributed by atoms with van der Waals surface area (Å²) in [7, 11) is 0. The van der Waals surface area contributed by atoms with Crippen LogP contribution in [0.3, 0.4) is 0 Å². The van der Waals surface area contributed by atoms with E-state index in [4.69, 9.17) is 16.3 Å². The molecule has 0 aliphatic carbocycles. The van der Waals surface area contributed by atoms with Gasteiger partial charge in [0.05, 0.1) is 0 Å². The van der Waals surface area contributed by atoms with E-state index in [0.29, 0.717) is 27.7 Å². The first-order chi connectivity index (χ1) is 13.1. The molecule has 3 aromatic rings. The van der Waals surface area contributed by atoms with Crippen LogP contribution in [-0.2, 0) is 4.79 Å². The lowest BCUT2D eigenvalue weighted by atomic mass is 9.79. The molecule has 1 heterocycles. The first kappa shape index (κ1) is 17.4. The lowest BCUT2D eigenvalue weighted by molar-refractivity contribution is -0.113. The third-order valence-corrected chi connectivity index (χ3v) is 4.94. The molecule has 1 N–H and O–H groups in total. The molecule has 27 heavy (non-hydrogen) atoms. The van der Waals surface area contributed by atoms with Crippen molar-refractivity contribution >= 4 is 23.1 Å². The third kappa shape index (κ3) is 3.11. The summed E-state index contributed by atoms with van der Waals surface area (Å²) in [6.45, 7) is 1.47. The topological polar surface area (TPSA) is 46.5 Å². The average molecular weight is 377 g/mol. The molecule has 4 rings (SSSR count). The van der Waals surface area contributed by atoms with Gasteiger partial charge in [-0.15, -0.1) is 0 Å².